The van der Waals surface area contributed by atoms with Gasteiger partial charge in [-0.2, -0.15) is 4.31 Å². The molecule has 2 fully saturated rings. The summed E-state index contributed by atoms with van der Waals surface area (Å²) >= 11 is 0. The number of morpholine rings is 1. The third kappa shape index (κ3) is 3.26. The SMILES string of the molecule is C=CCOCC1CCC2C1OCCN2S(=O)(=O)c1ccccc1F. The quantitative estimate of drug-likeness (QED) is 0.580. The minimum Gasteiger partial charge on any atom is -0.377 e. The lowest BCUT2D eigenvalue weighted by Crippen LogP contribution is -2.53. The van der Waals surface area contributed by atoms with Crippen LogP contribution in [0.4, 0.5) is 4.39 Å². The maximum atomic E-state index is 14.0. The summed E-state index contributed by atoms with van der Waals surface area (Å²) in [6.45, 7) is 5.15. The van der Waals surface area contributed by atoms with Gasteiger partial charge in [-0.15, -0.1) is 6.58 Å². The lowest BCUT2D eigenvalue weighted by molar-refractivity contribution is -0.0606. The summed E-state index contributed by atoms with van der Waals surface area (Å²) in [7, 11) is -3.87. The molecule has 3 atom stereocenters. The van der Waals surface area contributed by atoms with Gasteiger partial charge in [0.25, 0.3) is 0 Å². The minimum absolute atomic E-state index is 0.147. The molecule has 2 aliphatic rings. The number of hydrogen-bond acceptors (Lipinski definition) is 4. The van der Waals surface area contributed by atoms with Crippen LogP contribution in [0.5, 0.6) is 0 Å². The molecule has 1 aromatic rings. The van der Waals surface area contributed by atoms with Gasteiger partial charge in [0.05, 0.1) is 32.0 Å². The zero-order valence-corrected chi connectivity index (χ0v) is 14.3. The first-order valence-electron chi connectivity index (χ1n) is 8.12. The fourth-order valence-electron chi connectivity index (χ4n) is 3.59. The highest BCUT2D eigenvalue weighted by molar-refractivity contribution is 7.89. The van der Waals surface area contributed by atoms with Crippen molar-refractivity contribution in [2.24, 2.45) is 5.92 Å². The van der Waals surface area contributed by atoms with Gasteiger partial charge >= 0.3 is 0 Å². The summed E-state index contributed by atoms with van der Waals surface area (Å²) in [6, 6.07) is 5.24. The van der Waals surface area contributed by atoms with Crippen molar-refractivity contribution in [2.45, 2.75) is 29.9 Å². The summed E-state index contributed by atoms with van der Waals surface area (Å²) < 4.78 is 52.6. The van der Waals surface area contributed by atoms with Crippen LogP contribution in [0, 0.1) is 11.7 Å². The Bertz CT molecular complexity index is 694. The van der Waals surface area contributed by atoms with Crippen LogP contribution in [-0.2, 0) is 19.5 Å². The number of benzene rings is 1. The molecule has 0 bridgehead atoms. The monoisotopic (exact) mass is 355 g/mol. The molecular formula is C17H22FNO4S. The van der Waals surface area contributed by atoms with E-state index in [1.165, 1.54) is 28.6 Å². The predicted molar refractivity (Wildman–Crippen MR) is 87.6 cm³/mol. The highest BCUT2D eigenvalue weighted by Gasteiger charge is 2.47. The second-order valence-electron chi connectivity index (χ2n) is 6.11. The van der Waals surface area contributed by atoms with Crippen molar-refractivity contribution in [2.75, 3.05) is 26.4 Å². The summed E-state index contributed by atoms with van der Waals surface area (Å²) in [4.78, 5) is -0.267. The molecule has 0 N–H and O–H groups in total. The molecular weight excluding hydrogens is 333 g/mol. The molecule has 1 saturated carbocycles. The molecule has 1 aliphatic heterocycles. The number of nitrogens with zero attached hydrogens (tertiary/aromatic N) is 1. The van der Waals surface area contributed by atoms with Gasteiger partial charge in [-0.25, -0.2) is 12.8 Å². The van der Waals surface area contributed by atoms with Crippen LogP contribution in [-0.4, -0.2) is 51.2 Å². The Morgan fingerprint density at radius 1 is 1.38 bits per heavy atom. The van der Waals surface area contributed by atoms with Crippen LogP contribution in [0.15, 0.2) is 41.8 Å². The third-order valence-corrected chi connectivity index (χ3v) is 6.62. The van der Waals surface area contributed by atoms with E-state index < -0.39 is 15.8 Å². The van der Waals surface area contributed by atoms with E-state index in [9.17, 15) is 12.8 Å². The first-order chi connectivity index (χ1) is 11.6. The van der Waals surface area contributed by atoms with Crippen LogP contribution in [0.3, 0.4) is 0 Å². The molecule has 0 radical (unpaired) electrons. The summed E-state index contributed by atoms with van der Waals surface area (Å²) in [5, 5.41) is 0. The minimum atomic E-state index is -3.87. The Balaban J connectivity index is 1.80. The van der Waals surface area contributed by atoms with E-state index in [1.54, 1.807) is 6.08 Å². The van der Waals surface area contributed by atoms with Gasteiger partial charge in [0.1, 0.15) is 10.7 Å². The maximum Gasteiger partial charge on any atom is 0.246 e. The highest BCUT2D eigenvalue weighted by Crippen LogP contribution is 2.37. The van der Waals surface area contributed by atoms with Gasteiger partial charge < -0.3 is 9.47 Å². The molecule has 3 unspecified atom stereocenters. The first-order valence-corrected chi connectivity index (χ1v) is 9.56. The van der Waals surface area contributed by atoms with Crippen molar-refractivity contribution in [3.8, 4) is 0 Å². The number of fused-ring (bicyclic) bond motifs is 1. The second kappa shape index (κ2) is 7.31. The van der Waals surface area contributed by atoms with E-state index in [0.717, 1.165) is 6.42 Å². The zero-order chi connectivity index (χ0) is 17.2. The molecule has 7 heteroatoms. The molecule has 1 aromatic carbocycles. The van der Waals surface area contributed by atoms with Crippen molar-refractivity contribution in [3.63, 3.8) is 0 Å². The van der Waals surface area contributed by atoms with Crippen LogP contribution >= 0.6 is 0 Å². The molecule has 3 rings (SSSR count). The van der Waals surface area contributed by atoms with Crippen LogP contribution in [0.25, 0.3) is 0 Å². The molecule has 24 heavy (non-hydrogen) atoms. The average molecular weight is 355 g/mol. The van der Waals surface area contributed by atoms with E-state index in [-0.39, 0.29) is 29.5 Å². The smallest absolute Gasteiger partial charge is 0.246 e. The van der Waals surface area contributed by atoms with E-state index in [2.05, 4.69) is 6.58 Å². The molecule has 1 aliphatic carbocycles. The molecule has 132 valence electrons. The number of hydrogen-bond donors (Lipinski definition) is 0. The largest absolute Gasteiger partial charge is 0.377 e. The van der Waals surface area contributed by atoms with Gasteiger partial charge in [-0.05, 0) is 25.0 Å². The fourth-order valence-corrected chi connectivity index (χ4v) is 5.30. The first kappa shape index (κ1) is 17.5. The number of rotatable bonds is 6. The van der Waals surface area contributed by atoms with E-state index in [4.69, 9.17) is 9.47 Å². The van der Waals surface area contributed by atoms with E-state index in [1.807, 2.05) is 0 Å². The Kier molecular flexibility index (Phi) is 5.34. The Morgan fingerprint density at radius 2 is 2.17 bits per heavy atom. The summed E-state index contributed by atoms with van der Waals surface area (Å²) in [5.74, 6) is -0.571. The van der Waals surface area contributed by atoms with Crippen molar-refractivity contribution in [1.82, 2.24) is 4.31 Å². The molecule has 0 aromatic heterocycles. The molecule has 1 heterocycles. The molecule has 1 saturated heterocycles. The number of ether oxygens (including phenoxy) is 2. The van der Waals surface area contributed by atoms with Crippen LogP contribution in [0.2, 0.25) is 0 Å². The Labute approximate surface area is 142 Å². The number of halogens is 1. The van der Waals surface area contributed by atoms with Crippen molar-refractivity contribution < 1.29 is 22.3 Å². The fraction of sp³-hybridized carbons (Fsp3) is 0.529. The standard InChI is InChI=1S/C17H22FNO4S/c1-2-10-22-12-13-7-8-15-17(13)23-11-9-19(15)24(20,21)16-6-4-3-5-14(16)18/h2-6,13,15,17H,1,7-12H2. The van der Waals surface area contributed by atoms with Gasteiger partial charge in [0.2, 0.25) is 10.0 Å². The summed E-state index contributed by atoms with van der Waals surface area (Å²) in [5.41, 5.74) is 0. The van der Waals surface area contributed by atoms with Crippen LogP contribution < -0.4 is 0 Å². The molecule has 0 amide bonds. The molecule has 5 nitrogen and oxygen atoms in total. The normalized spacial score (nSPS) is 27.8. The number of sulfonamides is 1. The predicted octanol–water partition coefficient (Wildman–Crippen LogP) is 2.20. The zero-order valence-electron chi connectivity index (χ0n) is 13.4. The van der Waals surface area contributed by atoms with Gasteiger partial charge in [0, 0.05) is 12.5 Å². The third-order valence-electron chi connectivity index (χ3n) is 4.66. The maximum absolute atomic E-state index is 14.0. The van der Waals surface area contributed by atoms with E-state index in [0.29, 0.717) is 26.2 Å². The average Bonchev–Trinajstić information content (AvgIpc) is 2.98. The van der Waals surface area contributed by atoms with Crippen molar-refractivity contribution >= 4 is 10.0 Å². The lowest BCUT2D eigenvalue weighted by Gasteiger charge is -2.38. The topological polar surface area (TPSA) is 55.8 Å². The van der Waals surface area contributed by atoms with Gasteiger partial charge in [-0.3, -0.25) is 0 Å². The molecule has 0 spiro atoms. The van der Waals surface area contributed by atoms with Crippen molar-refractivity contribution in [3.05, 3.63) is 42.7 Å². The summed E-state index contributed by atoms with van der Waals surface area (Å²) in [6.07, 6.45) is 3.00. The van der Waals surface area contributed by atoms with E-state index >= 15 is 0 Å². The Morgan fingerprint density at radius 3 is 2.92 bits per heavy atom. The Hall–Kier alpha value is -1.28. The van der Waals surface area contributed by atoms with Gasteiger partial charge in [0.15, 0.2) is 0 Å². The van der Waals surface area contributed by atoms with Crippen LogP contribution in [0.1, 0.15) is 12.8 Å². The second-order valence-corrected chi connectivity index (χ2v) is 7.97. The highest BCUT2D eigenvalue weighted by atomic mass is 32.2. The van der Waals surface area contributed by atoms with Crippen molar-refractivity contribution in [1.29, 1.82) is 0 Å². The van der Waals surface area contributed by atoms with Gasteiger partial charge in [-0.1, -0.05) is 18.2 Å². The lowest BCUT2D eigenvalue weighted by atomic mass is 10.1.